The molecule has 1 aliphatic heterocycles. The molecular formula is C23H20N4O2. The van der Waals surface area contributed by atoms with E-state index in [1.54, 1.807) is 6.20 Å². The third kappa shape index (κ3) is 3.33. The van der Waals surface area contributed by atoms with E-state index in [0.29, 0.717) is 24.4 Å². The summed E-state index contributed by atoms with van der Waals surface area (Å²) in [7, 11) is 0. The topological polar surface area (TPSA) is 62.5 Å². The number of benzene rings is 2. The van der Waals surface area contributed by atoms with Crippen molar-refractivity contribution in [2.24, 2.45) is 0 Å². The molecule has 1 amide bonds. The zero-order chi connectivity index (χ0) is 19.6. The van der Waals surface area contributed by atoms with Crippen molar-refractivity contribution >= 4 is 22.5 Å². The van der Waals surface area contributed by atoms with Crippen LogP contribution in [0.1, 0.15) is 10.4 Å². The van der Waals surface area contributed by atoms with Gasteiger partial charge in [0, 0.05) is 54.6 Å². The van der Waals surface area contributed by atoms with E-state index < -0.39 is 0 Å². The van der Waals surface area contributed by atoms with Crippen LogP contribution in [0.2, 0.25) is 0 Å². The van der Waals surface area contributed by atoms with E-state index in [1.165, 1.54) is 12.1 Å². The molecule has 0 unspecified atom stereocenters. The highest BCUT2D eigenvalue weighted by Gasteiger charge is 2.23. The van der Waals surface area contributed by atoms with E-state index >= 15 is 0 Å². The summed E-state index contributed by atoms with van der Waals surface area (Å²) < 4.78 is 5.30. The quantitative estimate of drug-likeness (QED) is 0.537. The molecular weight excluding hydrogens is 364 g/mol. The molecule has 6 nitrogen and oxygen atoms in total. The van der Waals surface area contributed by atoms with Crippen LogP contribution in [0.5, 0.6) is 0 Å². The number of hydrogen-bond acceptors (Lipinski definition) is 5. The molecule has 1 aliphatic rings. The number of oxazole rings is 1. The Labute approximate surface area is 168 Å². The zero-order valence-corrected chi connectivity index (χ0v) is 15.9. The van der Waals surface area contributed by atoms with Gasteiger partial charge in [-0.2, -0.15) is 0 Å². The molecule has 0 N–H and O–H groups in total. The number of hydrogen-bond donors (Lipinski definition) is 0. The highest BCUT2D eigenvalue weighted by molar-refractivity contribution is 5.95. The number of carbonyl (C=O) groups is 1. The smallest absolute Gasteiger partial charge is 0.253 e. The fraction of sp³-hybridized carbons (Fsp3) is 0.174. The highest BCUT2D eigenvalue weighted by Crippen LogP contribution is 2.26. The normalized spacial score (nSPS) is 14.3. The molecule has 6 heteroatoms. The molecule has 2 aromatic heterocycles. The lowest BCUT2D eigenvalue weighted by Gasteiger charge is -2.36. The predicted molar refractivity (Wildman–Crippen MR) is 112 cm³/mol. The predicted octanol–water partition coefficient (Wildman–Crippen LogP) is 3.85. The monoisotopic (exact) mass is 384 g/mol. The number of aromatic nitrogens is 2. The highest BCUT2D eigenvalue weighted by atomic mass is 16.3. The Balaban J connectivity index is 1.28. The molecule has 0 spiro atoms. The number of amides is 1. The van der Waals surface area contributed by atoms with Crippen LogP contribution >= 0.6 is 0 Å². The Morgan fingerprint density at radius 2 is 1.72 bits per heavy atom. The summed E-state index contributed by atoms with van der Waals surface area (Å²) >= 11 is 0. The van der Waals surface area contributed by atoms with Gasteiger partial charge in [0.25, 0.3) is 5.91 Å². The number of nitrogens with zero attached hydrogens (tertiary/aromatic N) is 4. The molecule has 144 valence electrons. The van der Waals surface area contributed by atoms with Gasteiger partial charge in [0.1, 0.15) is 0 Å². The Hall–Kier alpha value is -3.67. The molecule has 1 fully saturated rings. The van der Waals surface area contributed by atoms with Gasteiger partial charge in [-0.25, -0.2) is 4.98 Å². The summed E-state index contributed by atoms with van der Waals surface area (Å²) in [6, 6.07) is 17.7. The van der Waals surface area contributed by atoms with Crippen molar-refractivity contribution in [1.82, 2.24) is 14.9 Å². The van der Waals surface area contributed by atoms with E-state index in [-0.39, 0.29) is 5.91 Å². The molecule has 0 radical (unpaired) electrons. The number of para-hydroxylation sites is 1. The van der Waals surface area contributed by atoms with Gasteiger partial charge in [-0.1, -0.05) is 30.3 Å². The molecule has 3 heterocycles. The SMILES string of the molecule is O=C(c1ccc(-c2cnco2)cc1)N1CCN(c2ccnc3ccccc23)CC1. The zero-order valence-electron chi connectivity index (χ0n) is 15.9. The summed E-state index contributed by atoms with van der Waals surface area (Å²) in [5, 5.41) is 1.15. The Morgan fingerprint density at radius 3 is 2.48 bits per heavy atom. The molecule has 29 heavy (non-hydrogen) atoms. The Morgan fingerprint density at radius 1 is 0.931 bits per heavy atom. The standard InChI is InChI=1S/C23H20N4O2/c28-23(18-7-5-17(6-8-18)22-15-24-16-29-22)27-13-11-26(12-14-27)21-9-10-25-20-4-2-1-3-19(20)21/h1-10,15-16H,11-14H2. The Kier molecular flexibility index (Phi) is 4.44. The third-order valence-corrected chi connectivity index (χ3v) is 5.38. The number of anilines is 1. The van der Waals surface area contributed by atoms with Crippen molar-refractivity contribution in [2.45, 2.75) is 0 Å². The number of pyridine rings is 1. The van der Waals surface area contributed by atoms with Gasteiger partial charge in [0.2, 0.25) is 0 Å². The van der Waals surface area contributed by atoms with Gasteiger partial charge in [-0.15, -0.1) is 0 Å². The average Bonchev–Trinajstić information content (AvgIpc) is 3.33. The maximum absolute atomic E-state index is 12.9. The van der Waals surface area contributed by atoms with Crippen LogP contribution in [0, 0.1) is 0 Å². The summed E-state index contributed by atoms with van der Waals surface area (Å²) in [5.41, 5.74) is 3.78. The van der Waals surface area contributed by atoms with Gasteiger partial charge >= 0.3 is 0 Å². The lowest BCUT2D eigenvalue weighted by Crippen LogP contribution is -2.48. The first-order valence-corrected chi connectivity index (χ1v) is 9.66. The van der Waals surface area contributed by atoms with Crippen molar-refractivity contribution in [3.05, 3.63) is 78.9 Å². The van der Waals surface area contributed by atoms with E-state index in [4.69, 9.17) is 4.42 Å². The van der Waals surface area contributed by atoms with Crippen molar-refractivity contribution in [3.63, 3.8) is 0 Å². The number of piperazine rings is 1. The van der Waals surface area contributed by atoms with Gasteiger partial charge in [-0.05, 0) is 24.3 Å². The number of carbonyl (C=O) groups excluding carboxylic acids is 1. The maximum Gasteiger partial charge on any atom is 0.253 e. The lowest BCUT2D eigenvalue weighted by molar-refractivity contribution is 0.0747. The van der Waals surface area contributed by atoms with Gasteiger partial charge in [0.05, 0.1) is 11.7 Å². The van der Waals surface area contributed by atoms with Crippen LogP contribution in [0.15, 0.2) is 77.8 Å². The first-order chi connectivity index (χ1) is 14.3. The number of fused-ring (bicyclic) bond motifs is 1. The van der Waals surface area contributed by atoms with Gasteiger partial charge < -0.3 is 14.2 Å². The van der Waals surface area contributed by atoms with Crippen molar-refractivity contribution in [3.8, 4) is 11.3 Å². The molecule has 0 aliphatic carbocycles. The Bertz CT molecular complexity index is 1130. The van der Waals surface area contributed by atoms with Crippen LogP contribution in [0.4, 0.5) is 5.69 Å². The average molecular weight is 384 g/mol. The van der Waals surface area contributed by atoms with Crippen LogP contribution in [-0.4, -0.2) is 47.0 Å². The molecule has 5 rings (SSSR count). The molecule has 0 atom stereocenters. The molecule has 2 aromatic carbocycles. The second kappa shape index (κ2) is 7.39. The molecule has 0 saturated carbocycles. The first-order valence-electron chi connectivity index (χ1n) is 9.66. The third-order valence-electron chi connectivity index (χ3n) is 5.38. The van der Waals surface area contributed by atoms with Crippen LogP contribution in [-0.2, 0) is 0 Å². The van der Waals surface area contributed by atoms with Crippen LogP contribution in [0.3, 0.4) is 0 Å². The summed E-state index contributed by atoms with van der Waals surface area (Å²) in [6.07, 6.45) is 4.92. The number of rotatable bonds is 3. The molecule has 0 bridgehead atoms. The second-order valence-electron chi connectivity index (χ2n) is 7.07. The first kappa shape index (κ1) is 17.4. The van der Waals surface area contributed by atoms with E-state index in [2.05, 4.69) is 27.0 Å². The molecule has 1 saturated heterocycles. The minimum absolute atomic E-state index is 0.0633. The lowest BCUT2D eigenvalue weighted by atomic mass is 10.1. The fourth-order valence-corrected chi connectivity index (χ4v) is 3.82. The maximum atomic E-state index is 12.9. The minimum atomic E-state index is 0.0633. The van der Waals surface area contributed by atoms with E-state index in [0.717, 1.165) is 29.6 Å². The van der Waals surface area contributed by atoms with E-state index in [1.807, 2.05) is 53.6 Å². The van der Waals surface area contributed by atoms with Crippen LogP contribution < -0.4 is 4.90 Å². The van der Waals surface area contributed by atoms with Gasteiger partial charge in [-0.3, -0.25) is 9.78 Å². The minimum Gasteiger partial charge on any atom is -0.444 e. The van der Waals surface area contributed by atoms with Crippen LogP contribution in [0.25, 0.3) is 22.2 Å². The second-order valence-corrected chi connectivity index (χ2v) is 7.07. The van der Waals surface area contributed by atoms with Gasteiger partial charge in [0.15, 0.2) is 12.2 Å². The summed E-state index contributed by atoms with van der Waals surface area (Å²) in [6.45, 7) is 2.99. The van der Waals surface area contributed by atoms with Crippen molar-refractivity contribution in [1.29, 1.82) is 0 Å². The fourth-order valence-electron chi connectivity index (χ4n) is 3.82. The van der Waals surface area contributed by atoms with Crippen molar-refractivity contribution in [2.75, 3.05) is 31.1 Å². The largest absolute Gasteiger partial charge is 0.444 e. The summed E-state index contributed by atoms with van der Waals surface area (Å²) in [4.78, 5) is 25.5. The van der Waals surface area contributed by atoms with E-state index in [9.17, 15) is 4.79 Å². The molecule has 4 aromatic rings. The van der Waals surface area contributed by atoms with Crippen molar-refractivity contribution < 1.29 is 9.21 Å². The summed E-state index contributed by atoms with van der Waals surface area (Å²) in [5.74, 6) is 0.760.